The lowest BCUT2D eigenvalue weighted by Gasteiger charge is -2.18. The molecule has 0 heterocycles. The predicted molar refractivity (Wildman–Crippen MR) is 52.2 cm³/mol. The van der Waals surface area contributed by atoms with Gasteiger partial charge < -0.3 is 10.4 Å². The van der Waals surface area contributed by atoms with E-state index in [1.807, 2.05) is 0 Å². The zero-order valence-corrected chi connectivity index (χ0v) is 7.97. The maximum atomic E-state index is 8.77. The van der Waals surface area contributed by atoms with Gasteiger partial charge in [-0.3, -0.25) is 0 Å². The second-order valence-electron chi connectivity index (χ2n) is 4.10. The van der Waals surface area contributed by atoms with Crippen molar-refractivity contribution in [2.75, 3.05) is 13.2 Å². The summed E-state index contributed by atoms with van der Waals surface area (Å²) in [5.41, 5.74) is 0.359. The van der Waals surface area contributed by atoms with Crippen molar-refractivity contribution in [2.24, 2.45) is 5.92 Å². The molecule has 2 heteroatoms. The first kappa shape index (κ1) is 9.05. The smallest absolute Gasteiger partial charge is 0.0556 e. The van der Waals surface area contributed by atoms with Crippen LogP contribution >= 0.6 is 0 Å². The number of aliphatic hydroxyl groups excluding tert-OH is 1. The molecule has 2 aliphatic rings. The summed E-state index contributed by atoms with van der Waals surface area (Å²) >= 11 is 0. The molecular formula is C11H17NO. The molecule has 2 unspecified atom stereocenters. The van der Waals surface area contributed by atoms with Crippen molar-refractivity contribution < 1.29 is 5.11 Å². The van der Waals surface area contributed by atoms with E-state index in [4.69, 9.17) is 5.11 Å². The van der Waals surface area contributed by atoms with Crippen molar-refractivity contribution in [3.8, 4) is 11.8 Å². The van der Waals surface area contributed by atoms with Crippen LogP contribution in [0.2, 0.25) is 0 Å². The number of rotatable bonds is 3. The van der Waals surface area contributed by atoms with Crippen LogP contribution in [-0.2, 0) is 0 Å². The third kappa shape index (κ3) is 1.87. The maximum absolute atomic E-state index is 8.77. The summed E-state index contributed by atoms with van der Waals surface area (Å²) in [5.74, 6) is 7.21. The van der Waals surface area contributed by atoms with Gasteiger partial charge in [0.1, 0.15) is 0 Å². The highest BCUT2D eigenvalue weighted by molar-refractivity contribution is 5.15. The van der Waals surface area contributed by atoms with Gasteiger partial charge in [-0.2, -0.15) is 0 Å². The minimum absolute atomic E-state index is 0.250. The Morgan fingerprint density at radius 3 is 3.08 bits per heavy atom. The monoisotopic (exact) mass is 179 g/mol. The van der Waals surface area contributed by atoms with Gasteiger partial charge in [-0.15, -0.1) is 11.8 Å². The lowest BCUT2D eigenvalue weighted by atomic mass is 10.0. The van der Waals surface area contributed by atoms with Crippen molar-refractivity contribution in [3.05, 3.63) is 0 Å². The quantitative estimate of drug-likeness (QED) is 0.631. The Kier molecular flexibility index (Phi) is 2.57. The van der Waals surface area contributed by atoms with E-state index in [9.17, 15) is 0 Å². The van der Waals surface area contributed by atoms with Gasteiger partial charge in [0.25, 0.3) is 0 Å². The van der Waals surface area contributed by atoms with Gasteiger partial charge in [-0.25, -0.2) is 0 Å². The number of nitrogens with one attached hydrogen (secondary N) is 1. The van der Waals surface area contributed by atoms with Crippen LogP contribution in [-0.4, -0.2) is 23.8 Å². The Bertz CT molecular complexity index is 240. The Balaban J connectivity index is 1.90. The lowest BCUT2D eigenvalue weighted by molar-refractivity contribution is 0.274. The van der Waals surface area contributed by atoms with Crippen molar-refractivity contribution in [1.82, 2.24) is 5.32 Å². The Morgan fingerprint density at radius 1 is 1.38 bits per heavy atom. The molecule has 2 atom stereocenters. The molecule has 0 aromatic rings. The van der Waals surface area contributed by atoms with E-state index in [0.29, 0.717) is 5.54 Å². The number of hydrogen-bond donors (Lipinski definition) is 2. The number of hydrogen-bond acceptors (Lipinski definition) is 2. The first-order valence-corrected chi connectivity index (χ1v) is 5.19. The van der Waals surface area contributed by atoms with Gasteiger partial charge in [0.2, 0.25) is 0 Å². The summed E-state index contributed by atoms with van der Waals surface area (Å²) < 4.78 is 0. The van der Waals surface area contributed by atoms with E-state index < -0.39 is 0 Å². The summed E-state index contributed by atoms with van der Waals surface area (Å²) in [7, 11) is 0. The zero-order valence-electron chi connectivity index (χ0n) is 7.97. The largest absolute Gasteiger partial charge is 0.395 e. The molecule has 0 amide bonds. The van der Waals surface area contributed by atoms with Gasteiger partial charge >= 0.3 is 0 Å². The molecular weight excluding hydrogens is 162 g/mol. The van der Waals surface area contributed by atoms with Gasteiger partial charge in [0.05, 0.1) is 6.61 Å². The molecule has 1 saturated carbocycles. The van der Waals surface area contributed by atoms with Crippen LogP contribution in [0.25, 0.3) is 0 Å². The average Bonchev–Trinajstić information content (AvgIpc) is 2.76. The summed E-state index contributed by atoms with van der Waals surface area (Å²) in [6.07, 6.45) is 5.79. The van der Waals surface area contributed by atoms with Crippen LogP contribution in [0, 0.1) is 17.8 Å². The number of β-amino-alcohol motifs (C(OH)–C–C–N with tert-alkyl or cyclic N) is 1. The Labute approximate surface area is 79.7 Å². The fraction of sp³-hybridized carbons (Fsp3) is 0.818. The normalized spacial score (nSPS) is 36.5. The molecule has 0 saturated heterocycles. The predicted octanol–water partition coefficient (Wildman–Crippen LogP) is 0.904. The van der Waals surface area contributed by atoms with E-state index in [1.54, 1.807) is 0 Å². The SMILES string of the molecule is OCCNC12CCC#CCCC1C2. The van der Waals surface area contributed by atoms with Crippen molar-refractivity contribution >= 4 is 0 Å². The zero-order chi connectivity index (χ0) is 9.15. The molecule has 0 bridgehead atoms. The molecule has 0 aromatic carbocycles. The van der Waals surface area contributed by atoms with E-state index in [-0.39, 0.29) is 6.61 Å². The molecule has 2 rings (SSSR count). The molecule has 72 valence electrons. The van der Waals surface area contributed by atoms with E-state index in [0.717, 1.165) is 25.3 Å². The van der Waals surface area contributed by atoms with Gasteiger partial charge in [0.15, 0.2) is 0 Å². The standard InChI is InChI=1S/C11H17NO/c13-8-7-12-11-6-4-2-1-3-5-10(11)9-11/h10,12-13H,3-9H2. The van der Waals surface area contributed by atoms with Gasteiger partial charge in [-0.1, -0.05) is 0 Å². The van der Waals surface area contributed by atoms with Crippen LogP contribution in [0.15, 0.2) is 0 Å². The summed E-state index contributed by atoms with van der Waals surface area (Å²) in [6, 6.07) is 0. The van der Waals surface area contributed by atoms with Crippen LogP contribution < -0.4 is 5.32 Å². The van der Waals surface area contributed by atoms with Crippen LogP contribution in [0.4, 0.5) is 0 Å². The summed E-state index contributed by atoms with van der Waals surface area (Å²) in [4.78, 5) is 0. The fourth-order valence-electron chi connectivity index (χ4n) is 2.38. The third-order valence-corrected chi connectivity index (χ3v) is 3.26. The second-order valence-corrected chi connectivity index (χ2v) is 4.10. The van der Waals surface area contributed by atoms with Gasteiger partial charge in [-0.05, 0) is 25.2 Å². The van der Waals surface area contributed by atoms with Crippen molar-refractivity contribution in [3.63, 3.8) is 0 Å². The summed E-state index contributed by atoms with van der Waals surface area (Å²) in [6.45, 7) is 0.990. The van der Waals surface area contributed by atoms with E-state index >= 15 is 0 Å². The highest BCUT2D eigenvalue weighted by Gasteiger charge is 2.52. The molecule has 0 aromatic heterocycles. The highest BCUT2D eigenvalue weighted by Crippen LogP contribution is 2.49. The minimum atomic E-state index is 0.250. The average molecular weight is 179 g/mol. The van der Waals surface area contributed by atoms with Crippen molar-refractivity contribution in [2.45, 2.75) is 37.6 Å². The first-order chi connectivity index (χ1) is 6.37. The lowest BCUT2D eigenvalue weighted by Crippen LogP contribution is -2.35. The van der Waals surface area contributed by atoms with E-state index in [1.165, 1.54) is 19.3 Å². The number of fused-ring (bicyclic) bond motifs is 1. The molecule has 0 radical (unpaired) electrons. The first-order valence-electron chi connectivity index (χ1n) is 5.19. The molecule has 2 aliphatic carbocycles. The maximum Gasteiger partial charge on any atom is 0.0556 e. The molecule has 2 N–H and O–H groups in total. The third-order valence-electron chi connectivity index (χ3n) is 3.26. The molecule has 0 spiro atoms. The fourth-order valence-corrected chi connectivity index (χ4v) is 2.38. The second kappa shape index (κ2) is 3.69. The van der Waals surface area contributed by atoms with Crippen LogP contribution in [0.5, 0.6) is 0 Å². The topological polar surface area (TPSA) is 32.3 Å². The molecule has 2 nitrogen and oxygen atoms in total. The van der Waals surface area contributed by atoms with Crippen LogP contribution in [0.3, 0.4) is 0 Å². The summed E-state index contributed by atoms with van der Waals surface area (Å²) in [5, 5.41) is 12.2. The van der Waals surface area contributed by atoms with Crippen LogP contribution in [0.1, 0.15) is 32.1 Å². The highest BCUT2D eigenvalue weighted by atomic mass is 16.3. The van der Waals surface area contributed by atoms with E-state index in [2.05, 4.69) is 17.2 Å². The molecule has 0 aliphatic heterocycles. The molecule has 1 fully saturated rings. The van der Waals surface area contributed by atoms with Crippen molar-refractivity contribution in [1.29, 1.82) is 0 Å². The Hall–Kier alpha value is -0.520. The molecule has 13 heavy (non-hydrogen) atoms. The van der Waals surface area contributed by atoms with Gasteiger partial charge in [0, 0.05) is 24.9 Å². The number of aliphatic hydroxyl groups is 1. The Morgan fingerprint density at radius 2 is 2.23 bits per heavy atom. The minimum Gasteiger partial charge on any atom is -0.395 e.